The fraction of sp³-hybridized carbons (Fsp3) is 0.167. The number of aldehydes is 1. The number of nitrogens with zero attached hydrogens (tertiary/aromatic N) is 1. The van der Waals surface area contributed by atoms with Gasteiger partial charge in [-0.2, -0.15) is 0 Å². The molecule has 4 heteroatoms. The van der Waals surface area contributed by atoms with E-state index in [4.69, 9.17) is 0 Å². The van der Waals surface area contributed by atoms with Crippen LogP contribution in [0.4, 0.5) is 5.69 Å². The van der Waals surface area contributed by atoms with E-state index in [9.17, 15) is 4.79 Å². The van der Waals surface area contributed by atoms with Crippen molar-refractivity contribution >= 4 is 38.8 Å². The number of carbonyl (C=O) groups is 1. The average Bonchev–Trinajstić information content (AvgIpc) is 2.35. The third kappa shape index (κ3) is 2.58. The molecular weight excluding hydrogens is 268 g/mol. The fourth-order valence-corrected chi connectivity index (χ4v) is 1.59. The molecule has 82 valence electrons. The number of halogens is 1. The lowest BCUT2D eigenvalue weighted by Gasteiger charge is -2.07. The number of aromatic nitrogens is 1. The van der Waals surface area contributed by atoms with E-state index in [0.717, 1.165) is 22.9 Å². The summed E-state index contributed by atoms with van der Waals surface area (Å²) in [5.41, 5.74) is 1.89. The molecular formula is C12H11BrN2O. The van der Waals surface area contributed by atoms with E-state index >= 15 is 0 Å². The number of benzene rings is 1. The zero-order valence-corrected chi connectivity index (χ0v) is 10.1. The van der Waals surface area contributed by atoms with E-state index < -0.39 is 0 Å². The van der Waals surface area contributed by atoms with E-state index in [1.165, 1.54) is 0 Å². The molecule has 0 aliphatic rings. The smallest absolute Gasteiger partial charge is 0.135 e. The fourth-order valence-electron chi connectivity index (χ4n) is 1.43. The van der Waals surface area contributed by atoms with Crippen LogP contribution < -0.4 is 5.32 Å². The van der Waals surface area contributed by atoms with Crippen molar-refractivity contribution in [3.63, 3.8) is 0 Å². The molecule has 16 heavy (non-hydrogen) atoms. The first-order valence-corrected chi connectivity index (χ1v) is 5.89. The Morgan fingerprint density at radius 2 is 2.25 bits per heavy atom. The van der Waals surface area contributed by atoms with Crippen LogP contribution in [0.3, 0.4) is 0 Å². The van der Waals surface area contributed by atoms with E-state index in [1.54, 1.807) is 6.20 Å². The minimum Gasteiger partial charge on any atom is -0.382 e. The molecule has 1 heterocycles. The number of hydrogen-bond donors (Lipinski definition) is 1. The van der Waals surface area contributed by atoms with Crippen LogP contribution in [-0.2, 0) is 4.79 Å². The van der Waals surface area contributed by atoms with Crippen molar-refractivity contribution in [3.8, 4) is 0 Å². The molecule has 0 bridgehead atoms. The van der Waals surface area contributed by atoms with Gasteiger partial charge in [-0.1, -0.05) is 34.1 Å². The SMILES string of the molecule is O=CC(Br)CNc1cnc2ccccc2c1. The minimum atomic E-state index is -0.168. The molecule has 2 aromatic rings. The zero-order valence-electron chi connectivity index (χ0n) is 8.56. The van der Waals surface area contributed by atoms with Gasteiger partial charge in [-0.25, -0.2) is 0 Å². The van der Waals surface area contributed by atoms with Gasteiger partial charge in [0.1, 0.15) is 6.29 Å². The van der Waals surface area contributed by atoms with Gasteiger partial charge in [0.05, 0.1) is 22.2 Å². The van der Waals surface area contributed by atoms with Gasteiger partial charge in [0.15, 0.2) is 0 Å². The second-order valence-electron chi connectivity index (χ2n) is 3.45. The first-order valence-electron chi connectivity index (χ1n) is 4.97. The Kier molecular flexibility index (Phi) is 3.51. The van der Waals surface area contributed by atoms with Crippen molar-refractivity contribution in [3.05, 3.63) is 36.5 Å². The number of nitrogens with one attached hydrogen (secondary N) is 1. The van der Waals surface area contributed by atoms with E-state index in [0.29, 0.717) is 6.54 Å². The first-order chi connectivity index (χ1) is 7.79. The third-order valence-corrected chi connectivity index (χ3v) is 2.78. The highest BCUT2D eigenvalue weighted by molar-refractivity contribution is 9.10. The molecule has 1 atom stereocenters. The van der Waals surface area contributed by atoms with Crippen molar-refractivity contribution in [1.82, 2.24) is 4.98 Å². The summed E-state index contributed by atoms with van der Waals surface area (Å²) in [4.78, 5) is 14.6. The number of para-hydroxylation sites is 1. The van der Waals surface area contributed by atoms with E-state index in [2.05, 4.69) is 26.2 Å². The highest BCUT2D eigenvalue weighted by Gasteiger charge is 2.01. The van der Waals surface area contributed by atoms with Gasteiger partial charge in [-0.05, 0) is 12.1 Å². The van der Waals surface area contributed by atoms with Crippen LogP contribution in [-0.4, -0.2) is 22.6 Å². The van der Waals surface area contributed by atoms with Crippen LogP contribution in [0.5, 0.6) is 0 Å². The van der Waals surface area contributed by atoms with Gasteiger partial charge in [-0.15, -0.1) is 0 Å². The zero-order chi connectivity index (χ0) is 11.4. The Morgan fingerprint density at radius 3 is 3.06 bits per heavy atom. The molecule has 2 rings (SSSR count). The van der Waals surface area contributed by atoms with Crippen molar-refractivity contribution in [2.75, 3.05) is 11.9 Å². The van der Waals surface area contributed by atoms with Crippen molar-refractivity contribution in [2.45, 2.75) is 4.83 Å². The lowest BCUT2D eigenvalue weighted by Crippen LogP contribution is -2.14. The Hall–Kier alpha value is -1.42. The second kappa shape index (κ2) is 5.07. The van der Waals surface area contributed by atoms with Gasteiger partial charge in [0.25, 0.3) is 0 Å². The minimum absolute atomic E-state index is 0.168. The van der Waals surface area contributed by atoms with Gasteiger partial charge >= 0.3 is 0 Å². The molecule has 0 saturated carbocycles. The van der Waals surface area contributed by atoms with E-state index in [1.807, 2.05) is 30.3 Å². The lowest BCUT2D eigenvalue weighted by atomic mass is 10.2. The maximum Gasteiger partial charge on any atom is 0.135 e. The summed E-state index contributed by atoms with van der Waals surface area (Å²) in [5.74, 6) is 0. The molecule has 1 N–H and O–H groups in total. The van der Waals surface area contributed by atoms with Gasteiger partial charge in [0, 0.05) is 11.9 Å². The number of carbonyl (C=O) groups excluding carboxylic acids is 1. The summed E-state index contributed by atoms with van der Waals surface area (Å²) in [5, 5.41) is 4.23. The predicted octanol–water partition coefficient (Wildman–Crippen LogP) is 2.61. The number of fused-ring (bicyclic) bond motifs is 1. The van der Waals surface area contributed by atoms with Crippen LogP contribution in [0.15, 0.2) is 36.5 Å². The van der Waals surface area contributed by atoms with Crippen LogP contribution in [0.2, 0.25) is 0 Å². The molecule has 0 aliphatic carbocycles. The summed E-state index contributed by atoms with van der Waals surface area (Å²) >= 11 is 3.23. The molecule has 0 spiro atoms. The number of alkyl halides is 1. The Morgan fingerprint density at radius 1 is 1.44 bits per heavy atom. The van der Waals surface area contributed by atoms with Crippen molar-refractivity contribution in [2.24, 2.45) is 0 Å². The number of rotatable bonds is 4. The molecule has 0 amide bonds. The summed E-state index contributed by atoms with van der Waals surface area (Å²) in [6.07, 6.45) is 2.63. The van der Waals surface area contributed by atoms with Crippen LogP contribution in [0.1, 0.15) is 0 Å². The maximum atomic E-state index is 10.4. The van der Waals surface area contributed by atoms with Crippen LogP contribution in [0, 0.1) is 0 Å². The molecule has 0 fully saturated rings. The number of pyridine rings is 1. The second-order valence-corrected chi connectivity index (χ2v) is 4.63. The quantitative estimate of drug-likeness (QED) is 0.691. The largest absolute Gasteiger partial charge is 0.382 e. The number of hydrogen-bond acceptors (Lipinski definition) is 3. The summed E-state index contributed by atoms with van der Waals surface area (Å²) < 4.78 is 0. The van der Waals surface area contributed by atoms with Gasteiger partial charge in [-0.3, -0.25) is 4.98 Å². The van der Waals surface area contributed by atoms with E-state index in [-0.39, 0.29) is 4.83 Å². The Bertz CT molecular complexity index is 501. The molecule has 0 aliphatic heterocycles. The molecule has 1 aromatic carbocycles. The highest BCUT2D eigenvalue weighted by atomic mass is 79.9. The molecule has 1 aromatic heterocycles. The monoisotopic (exact) mass is 278 g/mol. The predicted molar refractivity (Wildman–Crippen MR) is 69.0 cm³/mol. The standard InChI is InChI=1S/C12H11BrN2O/c13-10(8-16)6-14-11-5-9-3-1-2-4-12(9)15-7-11/h1-5,7-8,10,14H,6H2. The normalized spacial score (nSPS) is 12.3. The summed E-state index contributed by atoms with van der Waals surface area (Å²) in [6, 6.07) is 9.94. The first kappa shape index (κ1) is 11.1. The topological polar surface area (TPSA) is 42.0 Å². The molecule has 0 saturated heterocycles. The number of anilines is 1. The lowest BCUT2D eigenvalue weighted by molar-refractivity contribution is -0.107. The Balaban J connectivity index is 2.16. The van der Waals surface area contributed by atoms with Crippen molar-refractivity contribution in [1.29, 1.82) is 0 Å². The molecule has 0 radical (unpaired) electrons. The average molecular weight is 279 g/mol. The summed E-state index contributed by atoms with van der Waals surface area (Å²) in [7, 11) is 0. The Labute approximate surface area is 102 Å². The molecule has 1 unspecified atom stereocenters. The van der Waals surface area contributed by atoms with Crippen LogP contribution >= 0.6 is 15.9 Å². The maximum absolute atomic E-state index is 10.4. The molecule has 3 nitrogen and oxygen atoms in total. The van der Waals surface area contributed by atoms with Gasteiger partial charge < -0.3 is 10.1 Å². The summed E-state index contributed by atoms with van der Waals surface area (Å²) in [6.45, 7) is 0.559. The van der Waals surface area contributed by atoms with Gasteiger partial charge in [0.2, 0.25) is 0 Å². The third-order valence-electron chi connectivity index (χ3n) is 2.24. The van der Waals surface area contributed by atoms with Crippen molar-refractivity contribution < 1.29 is 4.79 Å². The highest BCUT2D eigenvalue weighted by Crippen LogP contribution is 2.16. The van der Waals surface area contributed by atoms with Crippen LogP contribution in [0.25, 0.3) is 10.9 Å².